The van der Waals surface area contributed by atoms with E-state index in [4.69, 9.17) is 4.74 Å². The standard InChI is InChI=1S/C15H27NO3/c1-10-4-7-13(8-11(10)2)19-9-15(3,14(17)18)16-12-5-6-12/h10-13,16H,4-9H2,1-3H3,(H,17,18). The summed E-state index contributed by atoms with van der Waals surface area (Å²) in [6.07, 6.45) is 5.70. The zero-order valence-electron chi connectivity index (χ0n) is 12.3. The Balaban J connectivity index is 1.83. The van der Waals surface area contributed by atoms with Gasteiger partial charge >= 0.3 is 5.97 Å². The van der Waals surface area contributed by atoms with E-state index in [0.717, 1.165) is 31.6 Å². The molecular formula is C15H27NO3. The quantitative estimate of drug-likeness (QED) is 0.777. The molecule has 2 aliphatic carbocycles. The number of nitrogens with one attached hydrogen (secondary N) is 1. The Morgan fingerprint density at radius 2 is 1.95 bits per heavy atom. The van der Waals surface area contributed by atoms with Gasteiger partial charge in [0, 0.05) is 6.04 Å². The van der Waals surface area contributed by atoms with Gasteiger partial charge in [0.1, 0.15) is 5.54 Å². The third kappa shape index (κ3) is 3.93. The molecule has 0 radical (unpaired) electrons. The molecule has 0 amide bonds. The van der Waals surface area contributed by atoms with Crippen molar-refractivity contribution < 1.29 is 14.6 Å². The van der Waals surface area contributed by atoms with Gasteiger partial charge in [0.05, 0.1) is 12.7 Å². The van der Waals surface area contributed by atoms with Crippen LogP contribution in [0.25, 0.3) is 0 Å². The summed E-state index contributed by atoms with van der Waals surface area (Å²) in [6, 6.07) is 0.370. The van der Waals surface area contributed by atoms with E-state index >= 15 is 0 Å². The third-order valence-corrected chi connectivity index (χ3v) is 4.73. The highest BCUT2D eigenvalue weighted by Crippen LogP contribution is 2.31. The summed E-state index contributed by atoms with van der Waals surface area (Å²) in [4.78, 5) is 11.4. The van der Waals surface area contributed by atoms with E-state index in [-0.39, 0.29) is 12.7 Å². The molecule has 4 unspecified atom stereocenters. The van der Waals surface area contributed by atoms with Gasteiger partial charge in [-0.3, -0.25) is 10.1 Å². The second-order valence-electron chi connectivity index (χ2n) is 6.76. The molecule has 4 heteroatoms. The van der Waals surface area contributed by atoms with Gasteiger partial charge in [-0.15, -0.1) is 0 Å². The van der Waals surface area contributed by atoms with Gasteiger partial charge < -0.3 is 9.84 Å². The molecule has 0 heterocycles. The number of hydrogen-bond donors (Lipinski definition) is 2. The number of hydrogen-bond acceptors (Lipinski definition) is 3. The summed E-state index contributed by atoms with van der Waals surface area (Å²) in [7, 11) is 0. The van der Waals surface area contributed by atoms with Crippen LogP contribution in [-0.4, -0.2) is 35.4 Å². The van der Waals surface area contributed by atoms with Crippen LogP contribution in [0.15, 0.2) is 0 Å². The fraction of sp³-hybridized carbons (Fsp3) is 0.933. The van der Waals surface area contributed by atoms with Crippen molar-refractivity contribution in [3.05, 3.63) is 0 Å². The molecule has 110 valence electrons. The number of carboxylic acids is 1. The summed E-state index contributed by atoms with van der Waals surface area (Å²) in [5.41, 5.74) is -0.937. The van der Waals surface area contributed by atoms with Gasteiger partial charge in [0.25, 0.3) is 0 Å². The van der Waals surface area contributed by atoms with E-state index < -0.39 is 11.5 Å². The van der Waals surface area contributed by atoms with Gasteiger partial charge in [0.2, 0.25) is 0 Å². The Morgan fingerprint density at radius 1 is 1.26 bits per heavy atom. The van der Waals surface area contributed by atoms with Crippen molar-refractivity contribution in [2.24, 2.45) is 11.8 Å². The van der Waals surface area contributed by atoms with Gasteiger partial charge in [-0.1, -0.05) is 13.8 Å². The van der Waals surface area contributed by atoms with Gasteiger partial charge in [-0.25, -0.2) is 0 Å². The van der Waals surface area contributed by atoms with E-state index in [1.165, 1.54) is 6.42 Å². The lowest BCUT2D eigenvalue weighted by Gasteiger charge is -2.34. The van der Waals surface area contributed by atoms with Crippen molar-refractivity contribution in [2.75, 3.05) is 6.61 Å². The average molecular weight is 269 g/mol. The minimum absolute atomic E-state index is 0.228. The Kier molecular flexibility index (Phi) is 4.51. The molecule has 19 heavy (non-hydrogen) atoms. The van der Waals surface area contributed by atoms with E-state index in [0.29, 0.717) is 12.0 Å². The molecule has 2 aliphatic rings. The SMILES string of the molecule is CC1CCC(OCC(C)(NC2CC2)C(=O)O)CC1C. The Morgan fingerprint density at radius 3 is 2.47 bits per heavy atom. The lowest BCUT2D eigenvalue weighted by atomic mass is 9.80. The molecule has 4 atom stereocenters. The van der Waals surface area contributed by atoms with Crippen LogP contribution in [0, 0.1) is 11.8 Å². The van der Waals surface area contributed by atoms with E-state index in [1.807, 2.05) is 0 Å². The summed E-state index contributed by atoms with van der Waals surface area (Å²) >= 11 is 0. The van der Waals surface area contributed by atoms with Crippen molar-refractivity contribution in [2.45, 2.75) is 70.6 Å². The van der Waals surface area contributed by atoms with Crippen molar-refractivity contribution in [3.63, 3.8) is 0 Å². The first-order chi connectivity index (χ1) is 8.90. The lowest BCUT2D eigenvalue weighted by molar-refractivity contribution is -0.148. The molecule has 2 saturated carbocycles. The molecule has 0 spiro atoms. The lowest BCUT2D eigenvalue weighted by Crippen LogP contribution is -2.54. The second kappa shape index (κ2) is 5.80. The van der Waals surface area contributed by atoms with Crippen LogP contribution in [0.5, 0.6) is 0 Å². The average Bonchev–Trinajstić information content (AvgIpc) is 3.14. The Labute approximate surface area is 115 Å². The number of carboxylic acid groups (broad SMARTS) is 1. The maximum atomic E-state index is 11.4. The minimum atomic E-state index is -0.937. The minimum Gasteiger partial charge on any atom is -0.480 e. The summed E-state index contributed by atoms with van der Waals surface area (Å²) < 4.78 is 5.91. The fourth-order valence-corrected chi connectivity index (χ4v) is 2.78. The molecule has 0 aromatic carbocycles. The Bertz CT molecular complexity index is 329. The highest BCUT2D eigenvalue weighted by Gasteiger charge is 2.39. The van der Waals surface area contributed by atoms with Crippen LogP contribution in [0.2, 0.25) is 0 Å². The van der Waals surface area contributed by atoms with Crippen LogP contribution in [-0.2, 0) is 9.53 Å². The topological polar surface area (TPSA) is 58.6 Å². The second-order valence-corrected chi connectivity index (χ2v) is 6.76. The molecule has 0 aromatic heterocycles. The van der Waals surface area contributed by atoms with Gasteiger partial charge in [-0.2, -0.15) is 0 Å². The number of rotatable bonds is 6. The van der Waals surface area contributed by atoms with Crippen LogP contribution in [0.3, 0.4) is 0 Å². The van der Waals surface area contributed by atoms with Gasteiger partial charge in [0.15, 0.2) is 0 Å². The monoisotopic (exact) mass is 269 g/mol. The highest BCUT2D eigenvalue weighted by molar-refractivity contribution is 5.78. The first-order valence-electron chi connectivity index (χ1n) is 7.53. The summed E-state index contributed by atoms with van der Waals surface area (Å²) in [5.74, 6) is 0.623. The van der Waals surface area contributed by atoms with Crippen LogP contribution in [0.1, 0.15) is 52.9 Å². The number of ether oxygens (including phenoxy) is 1. The molecule has 2 rings (SSSR count). The van der Waals surface area contributed by atoms with Crippen LogP contribution in [0.4, 0.5) is 0 Å². The molecular weight excluding hydrogens is 242 g/mol. The van der Waals surface area contributed by atoms with E-state index in [1.54, 1.807) is 6.92 Å². The number of aliphatic carboxylic acids is 1. The molecule has 0 bridgehead atoms. The first-order valence-corrected chi connectivity index (χ1v) is 7.53. The predicted octanol–water partition coefficient (Wildman–Crippen LogP) is 2.42. The first kappa shape index (κ1) is 14.8. The predicted molar refractivity (Wildman–Crippen MR) is 74.1 cm³/mol. The largest absolute Gasteiger partial charge is 0.480 e. The molecule has 4 nitrogen and oxygen atoms in total. The smallest absolute Gasteiger partial charge is 0.326 e. The van der Waals surface area contributed by atoms with Crippen LogP contribution < -0.4 is 5.32 Å². The fourth-order valence-electron chi connectivity index (χ4n) is 2.78. The Hall–Kier alpha value is -0.610. The molecule has 0 aromatic rings. The van der Waals surface area contributed by atoms with Crippen molar-refractivity contribution in [3.8, 4) is 0 Å². The molecule has 0 saturated heterocycles. The van der Waals surface area contributed by atoms with Gasteiger partial charge in [-0.05, 0) is 50.9 Å². The van der Waals surface area contributed by atoms with Crippen molar-refractivity contribution >= 4 is 5.97 Å². The molecule has 2 N–H and O–H groups in total. The zero-order valence-corrected chi connectivity index (χ0v) is 12.3. The molecule has 0 aliphatic heterocycles. The normalized spacial score (nSPS) is 34.8. The number of carbonyl (C=O) groups is 1. The summed E-state index contributed by atoms with van der Waals surface area (Å²) in [6.45, 7) is 6.56. The van der Waals surface area contributed by atoms with E-state index in [9.17, 15) is 9.90 Å². The maximum Gasteiger partial charge on any atom is 0.326 e. The maximum absolute atomic E-state index is 11.4. The van der Waals surface area contributed by atoms with Crippen LogP contribution >= 0.6 is 0 Å². The van der Waals surface area contributed by atoms with E-state index in [2.05, 4.69) is 19.2 Å². The molecule has 2 fully saturated rings. The summed E-state index contributed by atoms with van der Waals surface area (Å²) in [5, 5.41) is 12.6. The van der Waals surface area contributed by atoms with Crippen molar-refractivity contribution in [1.29, 1.82) is 0 Å². The third-order valence-electron chi connectivity index (χ3n) is 4.73. The van der Waals surface area contributed by atoms with Crippen molar-refractivity contribution in [1.82, 2.24) is 5.32 Å². The highest BCUT2D eigenvalue weighted by atomic mass is 16.5. The zero-order chi connectivity index (χ0) is 14.0.